The third-order valence-corrected chi connectivity index (χ3v) is 6.87. The minimum Gasteiger partial charge on any atom is -0.162 e. The van der Waals surface area contributed by atoms with Crippen LogP contribution in [0.5, 0.6) is 0 Å². The predicted molar refractivity (Wildman–Crippen MR) is 149 cm³/mol. The number of hydrogen-bond donors (Lipinski definition) is 0. The van der Waals surface area contributed by atoms with Crippen molar-refractivity contribution >= 4 is 0 Å². The molecule has 35 heavy (non-hydrogen) atoms. The first kappa shape index (κ1) is 27.1. The zero-order valence-corrected chi connectivity index (χ0v) is 22.3. The van der Waals surface area contributed by atoms with Crippen LogP contribution in [0.1, 0.15) is 63.1 Å². The van der Waals surface area contributed by atoms with Gasteiger partial charge in [-0.15, -0.1) is 10.0 Å². The Balaban J connectivity index is 2.04. The van der Waals surface area contributed by atoms with Gasteiger partial charge in [-0.1, -0.05) is 118 Å². The molecule has 3 heteroatoms. The molecule has 0 spiro atoms. The molecule has 1 unspecified atom stereocenters. The van der Waals surface area contributed by atoms with Crippen LogP contribution < -0.4 is 0 Å². The van der Waals surface area contributed by atoms with Crippen molar-refractivity contribution in [2.45, 2.75) is 66.0 Å². The van der Waals surface area contributed by atoms with Gasteiger partial charge in [-0.2, -0.15) is 4.70 Å². The molecule has 0 aliphatic rings. The molecular formula is C32H46N3+. The average molecular weight is 473 g/mol. The summed E-state index contributed by atoms with van der Waals surface area (Å²) in [5.41, 5.74) is 4.23. The second-order valence-corrected chi connectivity index (χ2v) is 9.66. The van der Waals surface area contributed by atoms with Gasteiger partial charge in [-0.05, 0) is 36.8 Å². The van der Waals surface area contributed by atoms with Crippen molar-refractivity contribution in [3.05, 3.63) is 108 Å². The van der Waals surface area contributed by atoms with Crippen LogP contribution in [-0.2, 0) is 19.5 Å². The summed E-state index contributed by atoms with van der Waals surface area (Å²) < 4.78 is 0.904. The topological polar surface area (TPSA) is 6.48 Å². The molecule has 3 nitrogen and oxygen atoms in total. The Bertz CT molecular complexity index is 929. The van der Waals surface area contributed by atoms with E-state index in [1.165, 1.54) is 29.5 Å². The molecule has 0 saturated heterocycles. The molecule has 3 aromatic carbocycles. The molecule has 3 aromatic rings. The molecule has 0 amide bonds. The van der Waals surface area contributed by atoms with Gasteiger partial charge in [-0.3, -0.25) is 0 Å². The van der Waals surface area contributed by atoms with Crippen LogP contribution in [0.15, 0.2) is 91.0 Å². The molecule has 0 bridgehead atoms. The number of benzene rings is 3. The van der Waals surface area contributed by atoms with Gasteiger partial charge in [0.05, 0.1) is 13.1 Å². The molecule has 0 saturated carbocycles. The van der Waals surface area contributed by atoms with E-state index in [-0.39, 0.29) is 0 Å². The summed E-state index contributed by atoms with van der Waals surface area (Å²) in [6.45, 7) is 13.3. The summed E-state index contributed by atoms with van der Waals surface area (Å²) in [6.07, 6.45) is 5.80. The SMILES string of the molecule is CCCC[N+](Cc1ccccc1)(N(CCC)CCc1ccccc1)N(CCC)Cc1ccccc1. The van der Waals surface area contributed by atoms with Gasteiger partial charge in [0, 0.05) is 18.7 Å². The number of quaternary nitrogens is 1. The van der Waals surface area contributed by atoms with Crippen molar-refractivity contribution in [1.29, 1.82) is 0 Å². The second-order valence-electron chi connectivity index (χ2n) is 9.66. The summed E-state index contributed by atoms with van der Waals surface area (Å²) in [5.74, 6) is 0. The fourth-order valence-corrected chi connectivity index (χ4v) is 5.12. The normalized spacial score (nSPS) is 13.3. The number of nitrogens with zero attached hydrogens (tertiary/aromatic N) is 3. The molecule has 0 heterocycles. The van der Waals surface area contributed by atoms with Crippen molar-refractivity contribution in [3.8, 4) is 0 Å². The van der Waals surface area contributed by atoms with E-state index in [0.717, 1.165) is 63.2 Å². The highest BCUT2D eigenvalue weighted by atomic mass is 16.0. The van der Waals surface area contributed by atoms with E-state index in [4.69, 9.17) is 0 Å². The molecule has 0 fully saturated rings. The Labute approximate surface area is 214 Å². The van der Waals surface area contributed by atoms with Gasteiger partial charge < -0.3 is 0 Å². The smallest absolute Gasteiger partial charge is 0.141 e. The fraction of sp³-hybridized carbons (Fsp3) is 0.438. The number of rotatable bonds is 16. The predicted octanol–water partition coefficient (Wildman–Crippen LogP) is 7.50. The zero-order valence-electron chi connectivity index (χ0n) is 22.3. The summed E-state index contributed by atoms with van der Waals surface area (Å²) >= 11 is 0. The molecular weight excluding hydrogens is 426 g/mol. The third kappa shape index (κ3) is 8.03. The summed E-state index contributed by atoms with van der Waals surface area (Å²) in [4.78, 5) is 0. The highest BCUT2D eigenvalue weighted by Gasteiger charge is 2.41. The van der Waals surface area contributed by atoms with E-state index in [9.17, 15) is 0 Å². The van der Waals surface area contributed by atoms with Crippen molar-refractivity contribution < 1.29 is 4.70 Å². The van der Waals surface area contributed by atoms with Gasteiger partial charge >= 0.3 is 0 Å². The van der Waals surface area contributed by atoms with Crippen molar-refractivity contribution in [2.24, 2.45) is 0 Å². The van der Waals surface area contributed by atoms with E-state index in [1.54, 1.807) is 0 Å². The molecule has 1 atom stereocenters. The maximum Gasteiger partial charge on any atom is 0.141 e. The molecule has 0 N–H and O–H groups in total. The first-order chi connectivity index (χ1) is 17.2. The minimum absolute atomic E-state index is 0.904. The quantitative estimate of drug-likeness (QED) is 0.157. The van der Waals surface area contributed by atoms with Crippen LogP contribution >= 0.6 is 0 Å². The summed E-state index contributed by atoms with van der Waals surface area (Å²) in [5, 5.41) is 5.55. The number of unbranched alkanes of at least 4 members (excludes halogenated alkanes) is 1. The maximum atomic E-state index is 2.79. The standard InChI is InChI=1S/C32H46N3/c1-4-7-27-35(29-32-21-15-10-16-22-32,34(25-6-3)28-31-19-13-9-14-20-31)33(24-5-2)26-23-30-17-11-8-12-18-30/h8-22H,4-7,23-29H2,1-3H3/q+1. The minimum atomic E-state index is 0.904. The summed E-state index contributed by atoms with van der Waals surface area (Å²) in [7, 11) is 0. The van der Waals surface area contributed by atoms with Crippen LogP contribution in [0.4, 0.5) is 0 Å². The molecule has 0 aliphatic heterocycles. The lowest BCUT2D eigenvalue weighted by Gasteiger charge is -2.51. The Hall–Kier alpha value is -2.46. The molecule has 188 valence electrons. The molecule has 0 aromatic heterocycles. The highest BCUT2D eigenvalue weighted by molar-refractivity contribution is 5.16. The highest BCUT2D eigenvalue weighted by Crippen LogP contribution is 2.28. The molecule has 3 rings (SSSR count). The zero-order chi connectivity index (χ0) is 24.8. The lowest BCUT2D eigenvalue weighted by molar-refractivity contribution is -1.14. The van der Waals surface area contributed by atoms with E-state index in [0.29, 0.717) is 0 Å². The van der Waals surface area contributed by atoms with Crippen LogP contribution in [0.25, 0.3) is 0 Å². The lowest BCUT2D eigenvalue weighted by atomic mass is 10.1. The van der Waals surface area contributed by atoms with E-state index in [1.807, 2.05) is 0 Å². The van der Waals surface area contributed by atoms with Crippen LogP contribution in [0, 0.1) is 0 Å². The second kappa shape index (κ2) is 14.8. The van der Waals surface area contributed by atoms with E-state index < -0.39 is 0 Å². The van der Waals surface area contributed by atoms with Crippen LogP contribution in [0.2, 0.25) is 0 Å². The van der Waals surface area contributed by atoms with Gasteiger partial charge in [0.25, 0.3) is 0 Å². The Morgan fingerprint density at radius 2 is 1.06 bits per heavy atom. The Morgan fingerprint density at radius 3 is 1.60 bits per heavy atom. The molecule has 0 radical (unpaired) electrons. The average Bonchev–Trinajstić information content (AvgIpc) is 2.90. The maximum absolute atomic E-state index is 2.79. The first-order valence-electron chi connectivity index (χ1n) is 13.7. The van der Waals surface area contributed by atoms with E-state index >= 15 is 0 Å². The van der Waals surface area contributed by atoms with E-state index in [2.05, 4.69) is 122 Å². The lowest BCUT2D eigenvalue weighted by Crippen LogP contribution is -2.69. The van der Waals surface area contributed by atoms with Crippen molar-refractivity contribution in [3.63, 3.8) is 0 Å². The molecule has 0 aliphatic carbocycles. The monoisotopic (exact) mass is 472 g/mol. The van der Waals surface area contributed by atoms with Crippen molar-refractivity contribution in [2.75, 3.05) is 26.2 Å². The Morgan fingerprint density at radius 1 is 0.543 bits per heavy atom. The summed E-state index contributed by atoms with van der Waals surface area (Å²) in [6, 6.07) is 33.2. The van der Waals surface area contributed by atoms with Gasteiger partial charge in [0.2, 0.25) is 0 Å². The fourth-order valence-electron chi connectivity index (χ4n) is 5.12. The third-order valence-electron chi connectivity index (χ3n) is 6.87. The van der Waals surface area contributed by atoms with Crippen LogP contribution in [-0.4, -0.2) is 40.9 Å². The largest absolute Gasteiger partial charge is 0.162 e. The first-order valence-corrected chi connectivity index (χ1v) is 13.7. The number of hydrogen-bond acceptors (Lipinski definition) is 2. The Kier molecular flexibility index (Phi) is 11.5. The van der Waals surface area contributed by atoms with Gasteiger partial charge in [0.1, 0.15) is 13.1 Å². The van der Waals surface area contributed by atoms with Gasteiger partial charge in [0.15, 0.2) is 0 Å². The van der Waals surface area contributed by atoms with Crippen LogP contribution in [0.3, 0.4) is 0 Å². The van der Waals surface area contributed by atoms with Gasteiger partial charge in [-0.25, -0.2) is 0 Å². The van der Waals surface area contributed by atoms with Crippen molar-refractivity contribution in [1.82, 2.24) is 10.0 Å².